The Morgan fingerprint density at radius 2 is 2.00 bits per heavy atom. The smallest absolute Gasteiger partial charge is 0.345 e. The van der Waals surface area contributed by atoms with Gasteiger partial charge in [0.2, 0.25) is 5.13 Å². The molecular weight excluding hydrogens is 414 g/mol. The van der Waals surface area contributed by atoms with E-state index in [1.54, 1.807) is 23.7 Å². The molecule has 0 unspecified atom stereocenters. The van der Waals surface area contributed by atoms with Crippen LogP contribution in [0.3, 0.4) is 0 Å². The van der Waals surface area contributed by atoms with Crippen molar-refractivity contribution in [1.82, 2.24) is 4.98 Å². The van der Waals surface area contributed by atoms with Crippen molar-refractivity contribution in [2.45, 2.75) is 0 Å². The third kappa shape index (κ3) is 3.58. The Balaban J connectivity index is 1.59. The number of halogens is 1. The van der Waals surface area contributed by atoms with E-state index in [0.717, 1.165) is 15.4 Å². The molecule has 0 spiro atoms. The minimum Gasteiger partial charge on any atom is -0.422 e. The minimum absolute atomic E-state index is 0.413. The number of fused-ring (bicyclic) bond motifs is 1. The monoisotopic (exact) mass is 425 g/mol. The van der Waals surface area contributed by atoms with Crippen LogP contribution in [0.5, 0.6) is 0 Å². The van der Waals surface area contributed by atoms with Gasteiger partial charge in [0.1, 0.15) is 5.58 Å². The molecule has 0 saturated heterocycles. The molecule has 0 aliphatic carbocycles. The first kappa shape index (κ1) is 16.7. The maximum absolute atomic E-state index is 12.3. The molecule has 2 aromatic carbocycles. The molecule has 5 nitrogen and oxygen atoms in total. The summed E-state index contributed by atoms with van der Waals surface area (Å²) in [5.74, 6) is 0. The molecule has 0 bridgehead atoms. The van der Waals surface area contributed by atoms with Crippen molar-refractivity contribution in [3.8, 4) is 11.3 Å². The molecule has 0 atom stereocenters. The fourth-order valence-electron chi connectivity index (χ4n) is 2.42. The number of rotatable bonds is 4. The highest BCUT2D eigenvalue weighted by Gasteiger charge is 2.11. The van der Waals surface area contributed by atoms with Crippen molar-refractivity contribution in [3.63, 3.8) is 0 Å². The predicted octanol–water partition coefficient (Wildman–Crippen LogP) is 5.13. The van der Waals surface area contributed by atoms with E-state index in [9.17, 15) is 4.79 Å². The number of aromatic nitrogens is 1. The molecule has 1 N–H and O–H groups in total. The first-order valence-corrected chi connectivity index (χ1v) is 9.40. The topological polar surface area (TPSA) is 67.5 Å². The van der Waals surface area contributed by atoms with Crippen molar-refractivity contribution in [1.29, 1.82) is 0 Å². The van der Waals surface area contributed by atoms with Crippen molar-refractivity contribution in [3.05, 3.63) is 80.4 Å². The Morgan fingerprint density at radius 3 is 2.85 bits per heavy atom. The molecule has 0 amide bonds. The third-order valence-electron chi connectivity index (χ3n) is 3.65. The number of anilines is 1. The molecule has 0 saturated carbocycles. The van der Waals surface area contributed by atoms with E-state index in [-0.39, 0.29) is 0 Å². The summed E-state index contributed by atoms with van der Waals surface area (Å²) >= 11 is 4.80. The largest absolute Gasteiger partial charge is 0.422 e. The summed E-state index contributed by atoms with van der Waals surface area (Å²) in [5.41, 5.74) is 4.98. The van der Waals surface area contributed by atoms with E-state index < -0.39 is 5.63 Å². The fraction of sp³-hybridized carbons (Fsp3) is 0. The summed E-state index contributed by atoms with van der Waals surface area (Å²) in [6.45, 7) is 0. The van der Waals surface area contributed by atoms with Crippen LogP contribution < -0.4 is 11.1 Å². The van der Waals surface area contributed by atoms with Gasteiger partial charge < -0.3 is 4.42 Å². The first-order chi connectivity index (χ1) is 12.7. The molecule has 2 heterocycles. The first-order valence-electron chi connectivity index (χ1n) is 7.72. The second-order valence-electron chi connectivity index (χ2n) is 5.45. The Bertz CT molecular complexity index is 1150. The van der Waals surface area contributed by atoms with Gasteiger partial charge in [0.05, 0.1) is 17.5 Å². The van der Waals surface area contributed by atoms with Gasteiger partial charge in [-0.1, -0.05) is 46.3 Å². The van der Waals surface area contributed by atoms with Gasteiger partial charge in [-0.25, -0.2) is 9.78 Å². The predicted molar refractivity (Wildman–Crippen MR) is 109 cm³/mol. The van der Waals surface area contributed by atoms with Gasteiger partial charge in [0.25, 0.3) is 0 Å². The second-order valence-corrected chi connectivity index (χ2v) is 7.22. The van der Waals surface area contributed by atoms with Crippen molar-refractivity contribution in [2.24, 2.45) is 5.10 Å². The van der Waals surface area contributed by atoms with Crippen LogP contribution in [0.2, 0.25) is 0 Å². The normalized spacial score (nSPS) is 11.3. The summed E-state index contributed by atoms with van der Waals surface area (Å²) < 4.78 is 6.31. The number of hydrazone groups is 1. The molecule has 7 heteroatoms. The molecule has 0 aliphatic rings. The van der Waals surface area contributed by atoms with E-state index in [1.165, 1.54) is 11.3 Å². The summed E-state index contributed by atoms with van der Waals surface area (Å²) in [4.78, 5) is 16.7. The average Bonchev–Trinajstić information content (AvgIpc) is 3.11. The second kappa shape index (κ2) is 7.23. The third-order valence-corrected chi connectivity index (χ3v) is 4.89. The van der Waals surface area contributed by atoms with Crippen LogP contribution in [-0.2, 0) is 0 Å². The lowest BCUT2D eigenvalue weighted by molar-refractivity contribution is 0.563. The van der Waals surface area contributed by atoms with Crippen LogP contribution in [0, 0.1) is 0 Å². The highest BCUT2D eigenvalue weighted by molar-refractivity contribution is 9.10. The lowest BCUT2D eigenvalue weighted by Crippen LogP contribution is -2.03. The zero-order valence-electron chi connectivity index (χ0n) is 13.3. The Labute approximate surface area is 161 Å². The molecule has 0 fully saturated rings. The molecule has 128 valence electrons. The lowest BCUT2D eigenvalue weighted by atomic mass is 10.1. The zero-order valence-corrected chi connectivity index (χ0v) is 15.8. The SMILES string of the molecule is O=c1oc2ccc(Br)cc2cc1-c1csc(N/N=C\c2ccccc2)n1. The molecule has 4 rings (SSSR count). The minimum atomic E-state index is -0.413. The number of hydrogen-bond donors (Lipinski definition) is 1. The Kier molecular flexibility index (Phi) is 4.64. The van der Waals surface area contributed by atoms with Gasteiger partial charge in [-0.05, 0) is 29.8 Å². The number of benzene rings is 2. The number of thiazole rings is 1. The van der Waals surface area contributed by atoms with Crippen molar-refractivity contribution < 1.29 is 4.42 Å². The Morgan fingerprint density at radius 1 is 1.15 bits per heavy atom. The lowest BCUT2D eigenvalue weighted by Gasteiger charge is -2.00. The van der Waals surface area contributed by atoms with Gasteiger partial charge in [0, 0.05) is 15.2 Å². The molecule has 0 radical (unpaired) electrons. The average molecular weight is 426 g/mol. The standard InChI is InChI=1S/C19H12BrN3O2S/c20-14-6-7-17-13(8-14)9-15(18(24)25-17)16-11-26-19(22-16)23-21-10-12-4-2-1-3-5-12/h1-11H,(H,22,23)/b21-10-. The maximum Gasteiger partial charge on any atom is 0.345 e. The maximum atomic E-state index is 12.3. The highest BCUT2D eigenvalue weighted by atomic mass is 79.9. The molecule has 2 aromatic heterocycles. The van der Waals surface area contributed by atoms with Gasteiger partial charge in [-0.3, -0.25) is 5.43 Å². The fourth-order valence-corrected chi connectivity index (χ4v) is 3.46. The van der Waals surface area contributed by atoms with Crippen LogP contribution in [0.25, 0.3) is 22.2 Å². The van der Waals surface area contributed by atoms with Gasteiger partial charge in [-0.2, -0.15) is 5.10 Å². The molecular formula is C19H12BrN3O2S. The van der Waals surface area contributed by atoms with Crippen molar-refractivity contribution in [2.75, 3.05) is 5.43 Å². The summed E-state index contributed by atoms with van der Waals surface area (Å²) in [6, 6.07) is 17.0. The van der Waals surface area contributed by atoms with E-state index in [4.69, 9.17) is 4.42 Å². The summed E-state index contributed by atoms with van der Waals surface area (Å²) in [7, 11) is 0. The zero-order chi connectivity index (χ0) is 17.9. The highest BCUT2D eigenvalue weighted by Crippen LogP contribution is 2.26. The number of nitrogens with zero attached hydrogens (tertiary/aromatic N) is 2. The van der Waals surface area contributed by atoms with E-state index >= 15 is 0 Å². The van der Waals surface area contributed by atoms with Crippen LogP contribution >= 0.6 is 27.3 Å². The van der Waals surface area contributed by atoms with Gasteiger partial charge in [-0.15, -0.1) is 11.3 Å². The van der Waals surface area contributed by atoms with E-state index in [0.29, 0.717) is 22.0 Å². The van der Waals surface area contributed by atoms with Gasteiger partial charge in [0.15, 0.2) is 0 Å². The van der Waals surface area contributed by atoms with Crippen LogP contribution in [0.4, 0.5) is 5.13 Å². The summed E-state index contributed by atoms with van der Waals surface area (Å²) in [6.07, 6.45) is 1.71. The summed E-state index contributed by atoms with van der Waals surface area (Å²) in [5, 5.41) is 7.40. The van der Waals surface area contributed by atoms with Crippen LogP contribution in [-0.4, -0.2) is 11.2 Å². The quantitative estimate of drug-likeness (QED) is 0.279. The number of hydrogen-bond acceptors (Lipinski definition) is 6. The number of nitrogens with one attached hydrogen (secondary N) is 1. The van der Waals surface area contributed by atoms with E-state index in [1.807, 2.05) is 42.5 Å². The van der Waals surface area contributed by atoms with Gasteiger partial charge >= 0.3 is 5.63 Å². The van der Waals surface area contributed by atoms with Crippen LogP contribution in [0.15, 0.2) is 78.8 Å². The molecule has 26 heavy (non-hydrogen) atoms. The molecule has 4 aromatic rings. The van der Waals surface area contributed by atoms with E-state index in [2.05, 4.69) is 31.4 Å². The molecule has 0 aliphatic heterocycles. The Hall–Kier alpha value is -2.77. The van der Waals surface area contributed by atoms with Crippen LogP contribution in [0.1, 0.15) is 5.56 Å². The van der Waals surface area contributed by atoms with Crippen molar-refractivity contribution >= 4 is 49.6 Å².